The normalized spacial score (nSPS) is 11.5. The topological polar surface area (TPSA) is 69.6 Å². The Morgan fingerprint density at radius 2 is 2.10 bits per heavy atom. The van der Waals surface area contributed by atoms with Crippen molar-refractivity contribution in [1.29, 1.82) is 0 Å². The number of nitrogens with one attached hydrogen (secondary N) is 1. The number of hydrogen-bond donors (Lipinski definition) is 2. The van der Waals surface area contributed by atoms with Crippen LogP contribution in [-0.4, -0.2) is 36.1 Å². The van der Waals surface area contributed by atoms with Gasteiger partial charge < -0.3 is 15.3 Å². The number of aliphatic carboxylic acids is 1. The summed E-state index contributed by atoms with van der Waals surface area (Å²) >= 11 is 0. The summed E-state index contributed by atoms with van der Waals surface area (Å²) in [6, 6.07) is 7.18. The number of benzene rings is 1. The predicted molar refractivity (Wildman–Crippen MR) is 83.4 cm³/mol. The number of aryl methyl sites for hydroxylation is 1. The molecule has 114 valence electrons. The molecule has 21 heavy (non-hydrogen) atoms. The van der Waals surface area contributed by atoms with Crippen LogP contribution in [0.5, 0.6) is 0 Å². The molecule has 1 rings (SSSR count). The number of para-hydroxylation sites is 1. The molecule has 0 heterocycles. The minimum absolute atomic E-state index is 0.0204. The number of amides is 1. The van der Waals surface area contributed by atoms with Crippen LogP contribution in [0.4, 0.5) is 5.69 Å². The summed E-state index contributed by atoms with van der Waals surface area (Å²) < 4.78 is 0. The van der Waals surface area contributed by atoms with Crippen LogP contribution in [0, 0.1) is 6.92 Å². The van der Waals surface area contributed by atoms with Crippen molar-refractivity contribution in [3.05, 3.63) is 42.5 Å². The van der Waals surface area contributed by atoms with Gasteiger partial charge in [0.05, 0.1) is 6.42 Å². The van der Waals surface area contributed by atoms with Gasteiger partial charge in [-0.1, -0.05) is 24.3 Å². The van der Waals surface area contributed by atoms with Crippen molar-refractivity contribution < 1.29 is 14.7 Å². The lowest BCUT2D eigenvalue weighted by molar-refractivity contribution is -0.137. The molecule has 2 N–H and O–H groups in total. The summed E-state index contributed by atoms with van der Waals surface area (Å²) in [5.74, 6) is -1.03. The number of carboxylic acids is 1. The second-order valence-corrected chi connectivity index (χ2v) is 4.83. The molecular formula is C16H22N2O3. The number of carboxylic acid groups (broad SMARTS) is 1. The fraction of sp³-hybridized carbons (Fsp3) is 0.375. The number of carbonyl (C=O) groups is 2. The summed E-state index contributed by atoms with van der Waals surface area (Å²) in [6.07, 6.45) is 1.59. The Labute approximate surface area is 125 Å². The van der Waals surface area contributed by atoms with Gasteiger partial charge in [0.25, 0.3) is 0 Å². The maximum absolute atomic E-state index is 12.1. The Morgan fingerprint density at radius 1 is 1.43 bits per heavy atom. The zero-order valence-electron chi connectivity index (χ0n) is 12.5. The van der Waals surface area contributed by atoms with E-state index in [-0.39, 0.29) is 18.9 Å². The van der Waals surface area contributed by atoms with Gasteiger partial charge in [-0.3, -0.25) is 9.59 Å². The fourth-order valence-electron chi connectivity index (χ4n) is 2.09. The van der Waals surface area contributed by atoms with Crippen molar-refractivity contribution in [2.75, 3.05) is 18.0 Å². The first-order valence-corrected chi connectivity index (χ1v) is 6.90. The molecule has 1 atom stereocenters. The summed E-state index contributed by atoms with van der Waals surface area (Å²) in [5.41, 5.74) is 1.88. The Balaban J connectivity index is 2.96. The van der Waals surface area contributed by atoms with Crippen LogP contribution in [0.1, 0.15) is 18.9 Å². The lowest BCUT2D eigenvalue weighted by Gasteiger charge is -2.31. The summed E-state index contributed by atoms with van der Waals surface area (Å²) in [4.78, 5) is 24.8. The van der Waals surface area contributed by atoms with Crippen molar-refractivity contribution in [1.82, 2.24) is 5.32 Å². The van der Waals surface area contributed by atoms with E-state index >= 15 is 0 Å². The molecule has 0 aliphatic carbocycles. The quantitative estimate of drug-likeness (QED) is 0.718. The van der Waals surface area contributed by atoms with E-state index in [2.05, 4.69) is 11.9 Å². The van der Waals surface area contributed by atoms with Crippen molar-refractivity contribution >= 4 is 17.6 Å². The largest absolute Gasteiger partial charge is 0.481 e. The molecule has 0 bridgehead atoms. The zero-order chi connectivity index (χ0) is 15.8. The first-order chi connectivity index (χ1) is 9.97. The number of rotatable bonds is 8. The zero-order valence-corrected chi connectivity index (χ0v) is 12.5. The smallest absolute Gasteiger partial charge is 0.305 e. The van der Waals surface area contributed by atoms with Gasteiger partial charge in [0.1, 0.15) is 6.04 Å². The van der Waals surface area contributed by atoms with Crippen LogP contribution in [0.3, 0.4) is 0 Å². The SMILES string of the molecule is C=CCNC(=O)C(C)N(CCC(=O)O)c1ccccc1C. The second-order valence-electron chi connectivity index (χ2n) is 4.83. The predicted octanol–water partition coefficient (Wildman–Crippen LogP) is 1.97. The van der Waals surface area contributed by atoms with E-state index in [0.29, 0.717) is 6.54 Å². The highest BCUT2D eigenvalue weighted by atomic mass is 16.4. The van der Waals surface area contributed by atoms with Crippen LogP contribution in [0.25, 0.3) is 0 Å². The van der Waals surface area contributed by atoms with Crippen LogP contribution in [0.15, 0.2) is 36.9 Å². The summed E-state index contributed by atoms with van der Waals surface area (Å²) in [5, 5.41) is 11.6. The average Bonchev–Trinajstić information content (AvgIpc) is 2.46. The number of nitrogens with zero attached hydrogens (tertiary/aromatic N) is 1. The van der Waals surface area contributed by atoms with Crippen LogP contribution in [0.2, 0.25) is 0 Å². The van der Waals surface area contributed by atoms with Crippen molar-refractivity contribution in [3.8, 4) is 0 Å². The molecule has 1 aromatic carbocycles. The third kappa shape index (κ3) is 4.95. The Hall–Kier alpha value is -2.30. The van der Waals surface area contributed by atoms with E-state index in [1.807, 2.05) is 36.1 Å². The molecule has 0 spiro atoms. The molecular weight excluding hydrogens is 268 g/mol. The molecule has 1 unspecified atom stereocenters. The third-order valence-corrected chi connectivity index (χ3v) is 3.26. The van der Waals surface area contributed by atoms with Crippen molar-refractivity contribution in [2.45, 2.75) is 26.3 Å². The van der Waals surface area contributed by atoms with Gasteiger partial charge in [0.15, 0.2) is 0 Å². The van der Waals surface area contributed by atoms with Gasteiger partial charge in [-0.2, -0.15) is 0 Å². The molecule has 0 radical (unpaired) electrons. The maximum atomic E-state index is 12.1. The molecule has 5 heteroatoms. The highest BCUT2D eigenvalue weighted by Gasteiger charge is 2.22. The maximum Gasteiger partial charge on any atom is 0.305 e. The minimum Gasteiger partial charge on any atom is -0.481 e. The monoisotopic (exact) mass is 290 g/mol. The molecule has 5 nitrogen and oxygen atoms in total. The Kier molecular flexibility index (Phi) is 6.46. The van der Waals surface area contributed by atoms with Gasteiger partial charge in [-0.25, -0.2) is 0 Å². The highest BCUT2D eigenvalue weighted by Crippen LogP contribution is 2.22. The first kappa shape index (κ1) is 16.8. The van der Waals surface area contributed by atoms with E-state index in [4.69, 9.17) is 5.11 Å². The standard InChI is InChI=1S/C16H22N2O3/c1-4-10-17-16(21)13(3)18(11-9-15(19)20)14-8-6-5-7-12(14)2/h4-8,13H,1,9-11H2,2-3H3,(H,17,21)(H,19,20). The highest BCUT2D eigenvalue weighted by molar-refractivity contribution is 5.85. The number of anilines is 1. The van der Waals surface area contributed by atoms with E-state index in [1.54, 1.807) is 13.0 Å². The second kappa shape index (κ2) is 8.09. The van der Waals surface area contributed by atoms with Gasteiger partial charge in [0, 0.05) is 18.8 Å². The number of hydrogen-bond acceptors (Lipinski definition) is 3. The molecule has 0 aliphatic heterocycles. The minimum atomic E-state index is -0.882. The lowest BCUT2D eigenvalue weighted by atomic mass is 10.1. The molecule has 0 aliphatic rings. The van der Waals surface area contributed by atoms with Crippen LogP contribution >= 0.6 is 0 Å². The fourth-order valence-corrected chi connectivity index (χ4v) is 2.09. The van der Waals surface area contributed by atoms with Gasteiger partial charge in [-0.05, 0) is 25.5 Å². The van der Waals surface area contributed by atoms with Crippen LogP contribution in [-0.2, 0) is 9.59 Å². The van der Waals surface area contributed by atoms with Crippen LogP contribution < -0.4 is 10.2 Å². The Morgan fingerprint density at radius 3 is 2.67 bits per heavy atom. The molecule has 1 aromatic rings. The molecule has 1 amide bonds. The first-order valence-electron chi connectivity index (χ1n) is 6.90. The molecule has 0 aromatic heterocycles. The van der Waals surface area contributed by atoms with E-state index in [9.17, 15) is 9.59 Å². The van der Waals surface area contributed by atoms with Gasteiger partial charge in [0.2, 0.25) is 5.91 Å². The average molecular weight is 290 g/mol. The molecule has 0 saturated heterocycles. The van der Waals surface area contributed by atoms with Gasteiger partial charge in [-0.15, -0.1) is 6.58 Å². The Bertz CT molecular complexity index is 514. The summed E-state index contributed by atoms with van der Waals surface area (Å²) in [6.45, 7) is 7.95. The third-order valence-electron chi connectivity index (χ3n) is 3.26. The molecule has 0 fully saturated rings. The van der Waals surface area contributed by atoms with Crippen molar-refractivity contribution in [3.63, 3.8) is 0 Å². The van der Waals surface area contributed by atoms with E-state index < -0.39 is 12.0 Å². The van der Waals surface area contributed by atoms with Gasteiger partial charge >= 0.3 is 5.97 Å². The van der Waals surface area contributed by atoms with Crippen molar-refractivity contribution in [2.24, 2.45) is 0 Å². The number of carbonyl (C=O) groups excluding carboxylic acids is 1. The van der Waals surface area contributed by atoms with E-state index in [1.165, 1.54) is 0 Å². The van der Waals surface area contributed by atoms with E-state index in [0.717, 1.165) is 11.3 Å². The molecule has 0 saturated carbocycles. The summed E-state index contributed by atoms with van der Waals surface area (Å²) in [7, 11) is 0. The lowest BCUT2D eigenvalue weighted by Crippen LogP contribution is -2.46.